The highest BCUT2D eigenvalue weighted by atomic mass is 16.5. The number of benzene rings is 2. The number of para-hydroxylation sites is 1. The van der Waals surface area contributed by atoms with Gasteiger partial charge >= 0.3 is 0 Å². The highest BCUT2D eigenvalue weighted by Gasteiger charge is 2.46. The van der Waals surface area contributed by atoms with E-state index < -0.39 is 0 Å². The molecule has 0 unspecified atom stereocenters. The smallest absolute Gasteiger partial charge is 0.228 e. The van der Waals surface area contributed by atoms with E-state index in [1.165, 1.54) is 11.1 Å². The number of anilines is 2. The molecule has 1 saturated heterocycles. The Morgan fingerprint density at radius 2 is 2.00 bits per heavy atom. The fourth-order valence-electron chi connectivity index (χ4n) is 6.14. The Kier molecular flexibility index (Phi) is 5.20. The van der Waals surface area contributed by atoms with Gasteiger partial charge in [-0.2, -0.15) is 5.26 Å². The fourth-order valence-corrected chi connectivity index (χ4v) is 6.14. The van der Waals surface area contributed by atoms with E-state index in [-0.39, 0.29) is 17.4 Å². The third-order valence-electron chi connectivity index (χ3n) is 8.13. The van der Waals surface area contributed by atoms with Gasteiger partial charge in [0.05, 0.1) is 30.6 Å². The van der Waals surface area contributed by atoms with Gasteiger partial charge in [-0.15, -0.1) is 0 Å². The standard InChI is InChI=1S/C28H28N6O2/c1-16-24(21-5-3-4-17-13-23(35)33-25(17)21)32-22(15-29)27(31-16)34-10-8-28(9-11-34)14-18-12-19(36-2)6-7-20(18)26(28)30/h3-7,12,26H,8-11,13-14,30H2,1-2H3,(H,33,35)/t26-/m1/s1. The summed E-state index contributed by atoms with van der Waals surface area (Å²) in [5.74, 6) is 1.45. The molecule has 3 N–H and O–H groups in total. The molecule has 0 radical (unpaired) electrons. The van der Waals surface area contributed by atoms with E-state index in [2.05, 4.69) is 28.4 Å². The van der Waals surface area contributed by atoms with Gasteiger partial charge < -0.3 is 20.7 Å². The minimum atomic E-state index is -0.0341. The number of nitriles is 1. The summed E-state index contributed by atoms with van der Waals surface area (Å²) in [6.45, 7) is 3.43. The number of fused-ring (bicyclic) bond motifs is 2. The maximum absolute atomic E-state index is 12.0. The minimum absolute atomic E-state index is 0.00319. The van der Waals surface area contributed by atoms with Crippen molar-refractivity contribution in [3.8, 4) is 23.1 Å². The van der Waals surface area contributed by atoms with Crippen molar-refractivity contribution in [1.82, 2.24) is 9.97 Å². The number of carbonyl (C=O) groups excluding carboxylic acids is 1. The second-order valence-corrected chi connectivity index (χ2v) is 10.1. The van der Waals surface area contributed by atoms with Crippen molar-refractivity contribution < 1.29 is 9.53 Å². The second kappa shape index (κ2) is 8.32. The van der Waals surface area contributed by atoms with Crippen LogP contribution in [0.2, 0.25) is 0 Å². The number of hydrogen-bond donors (Lipinski definition) is 2. The summed E-state index contributed by atoms with van der Waals surface area (Å²) in [5.41, 5.74) is 13.4. The molecular weight excluding hydrogens is 452 g/mol. The number of hydrogen-bond acceptors (Lipinski definition) is 7. The zero-order chi connectivity index (χ0) is 25.0. The average molecular weight is 481 g/mol. The number of methoxy groups -OCH3 is 1. The number of aryl methyl sites for hydroxylation is 1. The Bertz CT molecular complexity index is 1430. The summed E-state index contributed by atoms with van der Waals surface area (Å²) in [6.07, 6.45) is 3.12. The monoisotopic (exact) mass is 480 g/mol. The molecule has 0 bridgehead atoms. The van der Waals surface area contributed by atoms with Crippen LogP contribution in [0.3, 0.4) is 0 Å². The molecule has 2 aromatic carbocycles. The fraction of sp³-hybridized carbons (Fsp3) is 0.357. The highest BCUT2D eigenvalue weighted by molar-refractivity contribution is 6.03. The van der Waals surface area contributed by atoms with Crippen molar-refractivity contribution in [3.05, 3.63) is 64.5 Å². The van der Waals surface area contributed by atoms with E-state index in [0.29, 0.717) is 23.6 Å². The Balaban J connectivity index is 1.27. The molecule has 1 aliphatic carbocycles. The summed E-state index contributed by atoms with van der Waals surface area (Å²) in [5, 5.41) is 12.9. The van der Waals surface area contributed by atoms with Crippen LogP contribution in [-0.4, -0.2) is 36.1 Å². The molecule has 1 spiro atoms. The first-order valence-electron chi connectivity index (χ1n) is 12.3. The van der Waals surface area contributed by atoms with E-state index in [9.17, 15) is 10.1 Å². The molecule has 2 aliphatic heterocycles. The Hall–Kier alpha value is -3.96. The van der Waals surface area contributed by atoms with Crippen LogP contribution in [0, 0.1) is 23.7 Å². The first kappa shape index (κ1) is 22.5. The number of rotatable bonds is 3. The second-order valence-electron chi connectivity index (χ2n) is 10.1. The zero-order valence-corrected chi connectivity index (χ0v) is 20.5. The van der Waals surface area contributed by atoms with Crippen LogP contribution in [0.5, 0.6) is 5.75 Å². The molecule has 1 atom stereocenters. The lowest BCUT2D eigenvalue weighted by atomic mass is 9.73. The maximum Gasteiger partial charge on any atom is 0.228 e. The number of aromatic nitrogens is 2. The normalized spacial score (nSPS) is 19.6. The molecule has 8 nitrogen and oxygen atoms in total. The van der Waals surface area contributed by atoms with Gasteiger partial charge in [0, 0.05) is 24.7 Å². The van der Waals surface area contributed by atoms with Crippen molar-refractivity contribution in [1.29, 1.82) is 5.26 Å². The van der Waals surface area contributed by atoms with Crippen LogP contribution in [-0.2, 0) is 17.6 Å². The van der Waals surface area contributed by atoms with Crippen molar-refractivity contribution in [2.75, 3.05) is 30.4 Å². The number of nitrogens with one attached hydrogen (secondary N) is 1. The predicted molar refractivity (Wildman–Crippen MR) is 137 cm³/mol. The van der Waals surface area contributed by atoms with E-state index in [4.69, 9.17) is 20.4 Å². The van der Waals surface area contributed by atoms with Crippen LogP contribution in [0.1, 0.15) is 47.0 Å². The van der Waals surface area contributed by atoms with E-state index in [1.54, 1.807) is 7.11 Å². The first-order valence-corrected chi connectivity index (χ1v) is 12.3. The van der Waals surface area contributed by atoms with Crippen LogP contribution >= 0.6 is 0 Å². The van der Waals surface area contributed by atoms with E-state index in [0.717, 1.165) is 60.6 Å². The Morgan fingerprint density at radius 3 is 2.75 bits per heavy atom. The van der Waals surface area contributed by atoms with Gasteiger partial charge in [0.25, 0.3) is 0 Å². The van der Waals surface area contributed by atoms with Crippen LogP contribution in [0.25, 0.3) is 11.3 Å². The van der Waals surface area contributed by atoms with Gasteiger partial charge in [0.1, 0.15) is 11.8 Å². The van der Waals surface area contributed by atoms with Crippen LogP contribution < -0.4 is 20.7 Å². The molecule has 0 saturated carbocycles. The Morgan fingerprint density at radius 1 is 1.19 bits per heavy atom. The summed E-state index contributed by atoms with van der Waals surface area (Å²) in [4.78, 5) is 23.7. The molecular formula is C28H28N6O2. The number of nitrogens with two attached hydrogens (primary N) is 1. The molecule has 1 amide bonds. The average Bonchev–Trinajstić information content (AvgIpc) is 3.40. The number of ether oxygens (including phenoxy) is 1. The molecule has 36 heavy (non-hydrogen) atoms. The quantitative estimate of drug-likeness (QED) is 0.587. The molecule has 6 rings (SSSR count). The first-order chi connectivity index (χ1) is 17.4. The lowest BCUT2D eigenvalue weighted by Gasteiger charge is -2.42. The molecule has 1 fully saturated rings. The summed E-state index contributed by atoms with van der Waals surface area (Å²) in [7, 11) is 1.69. The molecule has 182 valence electrons. The van der Waals surface area contributed by atoms with E-state index in [1.807, 2.05) is 31.2 Å². The summed E-state index contributed by atoms with van der Waals surface area (Å²) >= 11 is 0. The van der Waals surface area contributed by atoms with Gasteiger partial charge in [-0.25, -0.2) is 9.97 Å². The molecule has 3 aromatic rings. The molecule has 1 aromatic heterocycles. The van der Waals surface area contributed by atoms with E-state index >= 15 is 0 Å². The van der Waals surface area contributed by atoms with Gasteiger partial charge in [-0.05, 0) is 60.4 Å². The minimum Gasteiger partial charge on any atom is -0.497 e. The SMILES string of the molecule is COc1ccc2c(c1)CC1(CCN(c3nc(C)c(-c4cccc5c4NC(=O)C5)nc3C#N)CC1)[C@@H]2N. The molecule has 8 heteroatoms. The van der Waals surface area contributed by atoms with Gasteiger partial charge in [0.2, 0.25) is 5.91 Å². The highest BCUT2D eigenvalue weighted by Crippen LogP contribution is 2.51. The van der Waals surface area contributed by atoms with Crippen LogP contribution in [0.15, 0.2) is 36.4 Å². The summed E-state index contributed by atoms with van der Waals surface area (Å²) in [6, 6.07) is 14.2. The number of piperidine rings is 1. The Labute approximate surface area is 210 Å². The molecule has 3 aliphatic rings. The third-order valence-corrected chi connectivity index (χ3v) is 8.13. The van der Waals surface area contributed by atoms with Gasteiger partial charge in [-0.1, -0.05) is 24.3 Å². The number of nitrogens with zero attached hydrogens (tertiary/aromatic N) is 4. The van der Waals surface area contributed by atoms with Crippen molar-refractivity contribution in [2.45, 2.75) is 38.6 Å². The van der Waals surface area contributed by atoms with Crippen molar-refractivity contribution in [3.63, 3.8) is 0 Å². The zero-order valence-electron chi connectivity index (χ0n) is 20.5. The summed E-state index contributed by atoms with van der Waals surface area (Å²) < 4.78 is 5.42. The number of carbonyl (C=O) groups is 1. The molecule has 3 heterocycles. The van der Waals surface area contributed by atoms with Gasteiger partial charge in [-0.3, -0.25) is 4.79 Å². The topological polar surface area (TPSA) is 117 Å². The van der Waals surface area contributed by atoms with Crippen molar-refractivity contribution >= 4 is 17.4 Å². The van der Waals surface area contributed by atoms with Gasteiger partial charge in [0.15, 0.2) is 11.5 Å². The largest absolute Gasteiger partial charge is 0.497 e. The number of amides is 1. The van der Waals surface area contributed by atoms with Crippen molar-refractivity contribution in [2.24, 2.45) is 11.1 Å². The lowest BCUT2D eigenvalue weighted by Crippen LogP contribution is -2.45. The van der Waals surface area contributed by atoms with Crippen LogP contribution in [0.4, 0.5) is 11.5 Å². The predicted octanol–water partition coefficient (Wildman–Crippen LogP) is 3.67. The third kappa shape index (κ3) is 3.42. The maximum atomic E-state index is 12.0. The lowest BCUT2D eigenvalue weighted by molar-refractivity contribution is -0.115.